The van der Waals surface area contributed by atoms with E-state index in [0.717, 1.165) is 100 Å². The lowest BCUT2D eigenvalue weighted by Crippen LogP contribution is -2.63. The van der Waals surface area contributed by atoms with Crippen molar-refractivity contribution >= 4 is 101 Å². The topological polar surface area (TPSA) is 42.0 Å². The van der Waals surface area contributed by atoms with E-state index in [2.05, 4.69) is 200 Å². The van der Waals surface area contributed by atoms with E-state index in [9.17, 15) is 0 Å². The molecule has 302 valence electrons. The van der Waals surface area contributed by atoms with Gasteiger partial charge in [0.15, 0.2) is 0 Å². The second-order valence-electron chi connectivity index (χ2n) is 18.4. The molecular formula is C58H39BN2O3. The van der Waals surface area contributed by atoms with Crippen LogP contribution in [0.25, 0.3) is 66.1 Å². The maximum Gasteiger partial charge on any atom is 0.261 e. The van der Waals surface area contributed by atoms with Crippen molar-refractivity contribution in [2.24, 2.45) is 0 Å². The number of rotatable bonds is 4. The summed E-state index contributed by atoms with van der Waals surface area (Å²) in [4.78, 5) is 5.01. The van der Waals surface area contributed by atoms with Crippen molar-refractivity contribution in [2.45, 2.75) is 26.2 Å². The standard InChI is InChI=1S/C58H39BN2O3/c1-58(2,3)38-30-43-53-44(31-38)61(40-28-24-37(25-29-40)35-16-8-5-9-17-35)57-52-42-19-11-13-21-46(42)63-48(52)33-50-55(57)59(53)54-49(64-50)32-47-51(41-18-10-12-20-45(41)62-47)56(54)60(43)39-26-22-36(23-27-39)34-14-6-4-7-15-34/h4-33H,1-3H3. The largest absolute Gasteiger partial charge is 0.458 e. The third-order valence-corrected chi connectivity index (χ3v) is 13.8. The van der Waals surface area contributed by atoms with Crippen molar-refractivity contribution in [1.29, 1.82) is 0 Å². The van der Waals surface area contributed by atoms with Crippen molar-refractivity contribution in [3.8, 4) is 33.8 Å². The van der Waals surface area contributed by atoms with Crippen molar-refractivity contribution in [1.82, 2.24) is 0 Å². The summed E-state index contributed by atoms with van der Waals surface area (Å²) in [5.74, 6) is 1.59. The Kier molecular flexibility index (Phi) is 7.13. The predicted molar refractivity (Wildman–Crippen MR) is 265 cm³/mol. The van der Waals surface area contributed by atoms with Gasteiger partial charge in [-0.3, -0.25) is 0 Å². The zero-order valence-corrected chi connectivity index (χ0v) is 35.5. The average Bonchev–Trinajstić information content (AvgIpc) is 3.90. The van der Waals surface area contributed by atoms with Gasteiger partial charge in [-0.25, -0.2) is 0 Å². The highest BCUT2D eigenvalue weighted by Gasteiger charge is 2.51. The van der Waals surface area contributed by atoms with Gasteiger partial charge in [-0.15, -0.1) is 0 Å². The first kappa shape index (κ1) is 35.6. The molecule has 0 saturated carbocycles. The minimum atomic E-state index is -0.188. The molecule has 9 aromatic carbocycles. The fourth-order valence-corrected chi connectivity index (χ4v) is 10.8. The monoisotopic (exact) mass is 822 g/mol. The van der Waals surface area contributed by atoms with Gasteiger partial charge in [-0.05, 0) is 98.2 Å². The molecule has 5 heterocycles. The van der Waals surface area contributed by atoms with Crippen molar-refractivity contribution < 1.29 is 13.6 Å². The van der Waals surface area contributed by atoms with Gasteiger partial charge in [-0.1, -0.05) is 142 Å². The number of anilines is 6. The molecule has 14 rings (SSSR count). The number of fused-ring (bicyclic) bond motifs is 8. The quantitative estimate of drug-likeness (QED) is 0.165. The molecule has 64 heavy (non-hydrogen) atoms. The summed E-state index contributed by atoms with van der Waals surface area (Å²) < 4.78 is 20.8. The van der Waals surface area contributed by atoms with Gasteiger partial charge in [0.05, 0.1) is 22.1 Å². The zero-order valence-electron chi connectivity index (χ0n) is 35.5. The van der Waals surface area contributed by atoms with Crippen LogP contribution < -0.4 is 30.9 Å². The van der Waals surface area contributed by atoms with Gasteiger partial charge >= 0.3 is 0 Å². The molecule has 6 heteroatoms. The molecule has 0 aliphatic carbocycles. The third-order valence-electron chi connectivity index (χ3n) is 13.8. The van der Waals surface area contributed by atoms with Crippen LogP contribution in [0.15, 0.2) is 191 Å². The van der Waals surface area contributed by atoms with Gasteiger partial charge in [0.1, 0.15) is 33.8 Å². The Labute approximate surface area is 370 Å². The average molecular weight is 823 g/mol. The van der Waals surface area contributed by atoms with Crippen LogP contribution in [0.5, 0.6) is 11.5 Å². The number of ether oxygens (including phenoxy) is 1. The lowest BCUT2D eigenvalue weighted by atomic mass is 9.32. The molecule has 2 aromatic heterocycles. The summed E-state index contributed by atoms with van der Waals surface area (Å²) in [6.45, 7) is 6.81. The maximum absolute atomic E-state index is 7.28. The maximum atomic E-state index is 7.28. The van der Waals surface area contributed by atoms with Crippen LogP contribution in [0.1, 0.15) is 26.3 Å². The third kappa shape index (κ3) is 4.91. The summed E-state index contributed by atoms with van der Waals surface area (Å²) in [6, 6.07) is 65.4. The first-order chi connectivity index (χ1) is 31.4. The highest BCUT2D eigenvalue weighted by Crippen LogP contribution is 2.55. The minimum absolute atomic E-state index is 0.154. The Morgan fingerprint density at radius 1 is 0.406 bits per heavy atom. The van der Waals surface area contributed by atoms with E-state index in [1.165, 1.54) is 33.3 Å². The van der Waals surface area contributed by atoms with Crippen molar-refractivity contribution in [3.05, 3.63) is 188 Å². The van der Waals surface area contributed by atoms with Crippen LogP contribution in [-0.4, -0.2) is 6.71 Å². The van der Waals surface area contributed by atoms with E-state index < -0.39 is 0 Å². The van der Waals surface area contributed by atoms with Gasteiger partial charge in [-0.2, -0.15) is 0 Å². The number of hydrogen-bond donors (Lipinski definition) is 0. The van der Waals surface area contributed by atoms with Crippen LogP contribution in [0, 0.1) is 0 Å². The van der Waals surface area contributed by atoms with E-state index in [1.807, 2.05) is 12.1 Å². The summed E-state index contributed by atoms with van der Waals surface area (Å²) >= 11 is 0. The van der Waals surface area contributed by atoms with Crippen LogP contribution in [0.4, 0.5) is 34.1 Å². The van der Waals surface area contributed by atoms with Crippen molar-refractivity contribution in [2.75, 3.05) is 9.80 Å². The first-order valence-corrected chi connectivity index (χ1v) is 22.1. The van der Waals surface area contributed by atoms with Crippen LogP contribution >= 0.6 is 0 Å². The molecule has 0 radical (unpaired) electrons. The molecule has 0 saturated heterocycles. The molecule has 5 nitrogen and oxygen atoms in total. The number of nitrogens with zero attached hydrogens (tertiary/aromatic N) is 2. The van der Waals surface area contributed by atoms with Gasteiger partial charge in [0.2, 0.25) is 0 Å². The van der Waals surface area contributed by atoms with Crippen molar-refractivity contribution in [3.63, 3.8) is 0 Å². The first-order valence-electron chi connectivity index (χ1n) is 22.1. The Bertz CT molecular complexity index is 3500. The summed E-state index contributed by atoms with van der Waals surface area (Å²) in [5.41, 5.74) is 19.2. The highest BCUT2D eigenvalue weighted by molar-refractivity contribution is 7.02. The number of para-hydroxylation sites is 2. The summed E-state index contributed by atoms with van der Waals surface area (Å²) in [5, 5.41) is 4.32. The molecule has 0 atom stereocenters. The molecule has 11 aromatic rings. The fraction of sp³-hybridized carbons (Fsp3) is 0.0690. The molecule has 0 amide bonds. The molecule has 3 aliphatic heterocycles. The molecule has 0 spiro atoms. The second kappa shape index (κ2) is 12.8. The lowest BCUT2D eigenvalue weighted by molar-refractivity contribution is 0.486. The zero-order chi connectivity index (χ0) is 42.4. The van der Waals surface area contributed by atoms with E-state index in [1.54, 1.807) is 0 Å². The SMILES string of the molecule is CC(C)(C)c1cc2c3c(c1)N(c1ccc(-c4ccccc4)cc1)c1c4c(cc5oc6ccccc6c15)Oc1cc5oc6ccccc6c5c(c1B34)N2c1ccc(-c2ccccc2)cc1. The van der Waals surface area contributed by atoms with Crippen LogP contribution in [0.3, 0.4) is 0 Å². The van der Waals surface area contributed by atoms with Crippen LogP contribution in [0.2, 0.25) is 0 Å². The Hall–Kier alpha value is -7.96. The highest BCUT2D eigenvalue weighted by atomic mass is 16.5. The van der Waals surface area contributed by atoms with E-state index in [-0.39, 0.29) is 12.1 Å². The molecule has 3 aliphatic rings. The van der Waals surface area contributed by atoms with Gasteiger partial charge in [0.25, 0.3) is 6.71 Å². The number of hydrogen-bond acceptors (Lipinski definition) is 5. The minimum Gasteiger partial charge on any atom is -0.458 e. The molecule has 0 N–H and O–H groups in total. The molecule has 0 fully saturated rings. The van der Waals surface area contributed by atoms with E-state index in [0.29, 0.717) is 0 Å². The summed E-state index contributed by atoms with van der Waals surface area (Å²) in [6.07, 6.45) is 0. The smallest absolute Gasteiger partial charge is 0.261 e. The number of benzene rings is 9. The lowest BCUT2D eigenvalue weighted by Gasteiger charge is -2.47. The molecule has 0 unspecified atom stereocenters. The van der Waals surface area contributed by atoms with E-state index >= 15 is 0 Å². The molecule has 0 bridgehead atoms. The molecular weight excluding hydrogens is 783 g/mol. The normalized spacial score (nSPS) is 13.6. The Morgan fingerprint density at radius 3 is 1.25 bits per heavy atom. The Balaban J connectivity index is 1.13. The van der Waals surface area contributed by atoms with E-state index in [4.69, 9.17) is 13.6 Å². The van der Waals surface area contributed by atoms with Gasteiger partial charge in [0, 0.05) is 45.7 Å². The summed E-state index contributed by atoms with van der Waals surface area (Å²) in [7, 11) is 0. The van der Waals surface area contributed by atoms with Gasteiger partial charge < -0.3 is 23.4 Å². The van der Waals surface area contributed by atoms with Crippen LogP contribution in [-0.2, 0) is 5.41 Å². The predicted octanol–water partition coefficient (Wildman–Crippen LogP) is 14.3. The second-order valence-corrected chi connectivity index (χ2v) is 18.4. The number of furan rings is 2. The Morgan fingerprint density at radius 2 is 0.812 bits per heavy atom. The fourth-order valence-electron chi connectivity index (χ4n) is 10.8.